The molecule has 0 spiro atoms. The molecule has 0 aliphatic rings. The first-order chi connectivity index (χ1) is 8.39. The number of nitrogens with zero attached hydrogens (tertiary/aromatic N) is 1. The van der Waals surface area contributed by atoms with Gasteiger partial charge in [-0.15, -0.1) is 0 Å². The molecule has 0 radical (unpaired) electrons. The van der Waals surface area contributed by atoms with Gasteiger partial charge in [-0.3, -0.25) is 0 Å². The average Bonchev–Trinajstić information content (AvgIpc) is 2.30. The number of hydrogen-bond donors (Lipinski definition) is 1. The lowest BCUT2D eigenvalue weighted by molar-refractivity contribution is 0.329. The molecule has 0 aromatic heterocycles. The summed E-state index contributed by atoms with van der Waals surface area (Å²) in [6, 6.07) is 0.605. The van der Waals surface area contributed by atoms with E-state index in [0.717, 1.165) is 25.9 Å². The highest BCUT2D eigenvalue weighted by molar-refractivity contribution is 7.90. The number of hydrogen-bond acceptors (Lipinski definition) is 4. The van der Waals surface area contributed by atoms with Crippen LogP contribution in [0.15, 0.2) is 0 Å². The third kappa shape index (κ3) is 11.0. The van der Waals surface area contributed by atoms with Crippen LogP contribution in [0.1, 0.15) is 39.5 Å². The van der Waals surface area contributed by atoms with Crippen molar-refractivity contribution in [1.82, 2.24) is 10.2 Å². The van der Waals surface area contributed by atoms with E-state index in [1.165, 1.54) is 19.1 Å². The largest absolute Gasteiger partial charge is 0.314 e. The van der Waals surface area contributed by atoms with Gasteiger partial charge in [-0.05, 0) is 45.8 Å². The van der Waals surface area contributed by atoms with Crippen LogP contribution in [0.25, 0.3) is 0 Å². The van der Waals surface area contributed by atoms with Crippen LogP contribution >= 0.6 is 0 Å². The van der Waals surface area contributed by atoms with Gasteiger partial charge in [0.1, 0.15) is 9.84 Å². The van der Waals surface area contributed by atoms with E-state index in [0.29, 0.717) is 12.6 Å². The lowest BCUT2D eigenvalue weighted by Crippen LogP contribution is -2.31. The van der Waals surface area contributed by atoms with Gasteiger partial charge in [-0.2, -0.15) is 0 Å². The fraction of sp³-hybridized carbons (Fsp3) is 1.00. The smallest absolute Gasteiger partial charge is 0.148 e. The molecule has 0 aromatic rings. The summed E-state index contributed by atoms with van der Waals surface area (Å²) in [7, 11) is -0.840. The Kier molecular flexibility index (Phi) is 9.68. The summed E-state index contributed by atoms with van der Waals surface area (Å²) in [5.41, 5.74) is 0. The SMILES string of the molecule is CCCNC(CC)CCCN(C)CCS(C)(=O)=O. The molecular weight excluding hydrogens is 248 g/mol. The van der Waals surface area contributed by atoms with Crippen LogP contribution < -0.4 is 5.32 Å². The molecule has 0 rings (SSSR count). The summed E-state index contributed by atoms with van der Waals surface area (Å²) < 4.78 is 22.1. The van der Waals surface area contributed by atoms with Crippen LogP contribution in [0.5, 0.6) is 0 Å². The Morgan fingerprint density at radius 1 is 1.22 bits per heavy atom. The van der Waals surface area contributed by atoms with E-state index >= 15 is 0 Å². The Labute approximate surface area is 113 Å². The molecule has 5 heteroatoms. The normalized spacial score (nSPS) is 14.1. The molecule has 0 heterocycles. The monoisotopic (exact) mass is 278 g/mol. The lowest BCUT2D eigenvalue weighted by atomic mass is 10.1. The van der Waals surface area contributed by atoms with Gasteiger partial charge in [0.05, 0.1) is 5.75 Å². The molecule has 4 nitrogen and oxygen atoms in total. The van der Waals surface area contributed by atoms with Crippen LogP contribution in [-0.2, 0) is 9.84 Å². The zero-order chi connectivity index (χ0) is 14.0. The van der Waals surface area contributed by atoms with E-state index in [4.69, 9.17) is 0 Å². The quantitative estimate of drug-likeness (QED) is 0.622. The minimum Gasteiger partial charge on any atom is -0.314 e. The Balaban J connectivity index is 3.68. The molecule has 110 valence electrons. The zero-order valence-corrected chi connectivity index (χ0v) is 13.2. The number of sulfone groups is 1. The van der Waals surface area contributed by atoms with Crippen molar-refractivity contribution in [3.8, 4) is 0 Å². The third-order valence-corrected chi connectivity index (χ3v) is 4.04. The first kappa shape index (κ1) is 17.9. The van der Waals surface area contributed by atoms with Crippen molar-refractivity contribution in [1.29, 1.82) is 0 Å². The lowest BCUT2D eigenvalue weighted by Gasteiger charge is -2.19. The predicted molar refractivity (Wildman–Crippen MR) is 78.8 cm³/mol. The van der Waals surface area contributed by atoms with E-state index in [1.807, 2.05) is 7.05 Å². The summed E-state index contributed by atoms with van der Waals surface area (Å²) in [4.78, 5) is 2.10. The van der Waals surface area contributed by atoms with Crippen LogP contribution in [0.4, 0.5) is 0 Å². The van der Waals surface area contributed by atoms with Gasteiger partial charge in [0.15, 0.2) is 0 Å². The van der Waals surface area contributed by atoms with Gasteiger partial charge >= 0.3 is 0 Å². The first-order valence-electron chi connectivity index (χ1n) is 6.98. The Bertz CT molecular complexity index is 291. The van der Waals surface area contributed by atoms with Gasteiger partial charge in [0, 0.05) is 18.8 Å². The molecule has 0 bridgehead atoms. The Morgan fingerprint density at radius 2 is 1.89 bits per heavy atom. The fourth-order valence-electron chi connectivity index (χ4n) is 1.84. The number of rotatable bonds is 11. The minimum absolute atomic E-state index is 0.259. The zero-order valence-electron chi connectivity index (χ0n) is 12.4. The second-order valence-corrected chi connectivity index (χ2v) is 7.39. The van der Waals surface area contributed by atoms with Crippen molar-refractivity contribution in [2.75, 3.05) is 38.7 Å². The van der Waals surface area contributed by atoms with E-state index in [2.05, 4.69) is 24.1 Å². The van der Waals surface area contributed by atoms with Crippen molar-refractivity contribution in [3.05, 3.63) is 0 Å². The fourth-order valence-corrected chi connectivity index (χ4v) is 2.48. The summed E-state index contributed by atoms with van der Waals surface area (Å²) in [6.45, 7) is 7.08. The molecule has 0 aliphatic carbocycles. The maximum Gasteiger partial charge on any atom is 0.148 e. The molecule has 0 saturated heterocycles. The summed E-state index contributed by atoms with van der Waals surface area (Å²) >= 11 is 0. The van der Waals surface area contributed by atoms with Crippen LogP contribution in [0.2, 0.25) is 0 Å². The van der Waals surface area contributed by atoms with Gasteiger partial charge in [0.2, 0.25) is 0 Å². The van der Waals surface area contributed by atoms with Crippen molar-refractivity contribution in [2.24, 2.45) is 0 Å². The second kappa shape index (κ2) is 9.75. The second-order valence-electron chi connectivity index (χ2n) is 5.13. The minimum atomic E-state index is -2.83. The third-order valence-electron chi connectivity index (χ3n) is 3.11. The maximum absolute atomic E-state index is 11.0. The van der Waals surface area contributed by atoms with Crippen molar-refractivity contribution in [2.45, 2.75) is 45.6 Å². The van der Waals surface area contributed by atoms with Crippen molar-refractivity contribution >= 4 is 9.84 Å². The molecule has 0 amide bonds. The molecule has 0 aromatic carbocycles. The van der Waals surface area contributed by atoms with E-state index < -0.39 is 9.84 Å². The highest BCUT2D eigenvalue weighted by Crippen LogP contribution is 2.03. The molecule has 1 unspecified atom stereocenters. The highest BCUT2D eigenvalue weighted by atomic mass is 32.2. The summed E-state index contributed by atoms with van der Waals surface area (Å²) in [5.74, 6) is 0.259. The maximum atomic E-state index is 11.0. The number of nitrogens with one attached hydrogen (secondary N) is 1. The van der Waals surface area contributed by atoms with E-state index in [9.17, 15) is 8.42 Å². The van der Waals surface area contributed by atoms with Crippen LogP contribution in [0, 0.1) is 0 Å². The van der Waals surface area contributed by atoms with Crippen molar-refractivity contribution < 1.29 is 8.42 Å². The Morgan fingerprint density at radius 3 is 2.39 bits per heavy atom. The molecule has 0 aliphatic heterocycles. The van der Waals surface area contributed by atoms with Crippen LogP contribution in [-0.4, -0.2) is 58.1 Å². The van der Waals surface area contributed by atoms with E-state index in [1.54, 1.807) is 0 Å². The highest BCUT2D eigenvalue weighted by Gasteiger charge is 2.07. The molecular formula is C13H30N2O2S. The molecule has 0 fully saturated rings. The first-order valence-corrected chi connectivity index (χ1v) is 9.04. The van der Waals surface area contributed by atoms with Gasteiger partial charge in [-0.25, -0.2) is 8.42 Å². The topological polar surface area (TPSA) is 49.4 Å². The Hall–Kier alpha value is -0.130. The van der Waals surface area contributed by atoms with Crippen molar-refractivity contribution in [3.63, 3.8) is 0 Å². The summed E-state index contributed by atoms with van der Waals surface area (Å²) in [6.07, 6.45) is 5.91. The molecule has 1 atom stereocenters. The van der Waals surface area contributed by atoms with E-state index in [-0.39, 0.29) is 5.75 Å². The van der Waals surface area contributed by atoms with Crippen LogP contribution in [0.3, 0.4) is 0 Å². The van der Waals surface area contributed by atoms with Gasteiger partial charge < -0.3 is 10.2 Å². The average molecular weight is 278 g/mol. The molecule has 18 heavy (non-hydrogen) atoms. The summed E-state index contributed by atoms with van der Waals surface area (Å²) in [5, 5.41) is 3.53. The molecule has 0 saturated carbocycles. The standard InChI is InChI=1S/C13H30N2O2S/c1-5-9-14-13(6-2)8-7-10-15(3)11-12-18(4,16)17/h13-14H,5-12H2,1-4H3. The van der Waals surface area contributed by atoms with Gasteiger partial charge in [-0.1, -0.05) is 13.8 Å². The molecule has 1 N–H and O–H groups in total. The van der Waals surface area contributed by atoms with Gasteiger partial charge in [0.25, 0.3) is 0 Å². The predicted octanol–water partition coefficient (Wildman–Crippen LogP) is 1.52.